The lowest BCUT2D eigenvalue weighted by atomic mass is 10.1. The van der Waals surface area contributed by atoms with E-state index in [1.54, 1.807) is 22.9 Å². The maximum Gasteiger partial charge on any atom is 0.222 e. The first-order chi connectivity index (χ1) is 11.3. The van der Waals surface area contributed by atoms with Crippen LogP contribution in [-0.4, -0.2) is 33.0 Å². The van der Waals surface area contributed by atoms with E-state index in [1.807, 2.05) is 33.2 Å². The van der Waals surface area contributed by atoms with Gasteiger partial charge in [-0.2, -0.15) is 5.10 Å². The molecule has 0 aromatic carbocycles. The van der Waals surface area contributed by atoms with E-state index in [-0.39, 0.29) is 17.7 Å². The summed E-state index contributed by atoms with van der Waals surface area (Å²) >= 11 is 1.61. The van der Waals surface area contributed by atoms with Crippen molar-refractivity contribution in [2.24, 2.45) is 0 Å². The fourth-order valence-corrected chi connectivity index (χ4v) is 3.69. The summed E-state index contributed by atoms with van der Waals surface area (Å²) in [6.07, 6.45) is 1.13. The minimum absolute atomic E-state index is 0.00725. The van der Waals surface area contributed by atoms with Crippen molar-refractivity contribution in [2.75, 3.05) is 6.54 Å². The Hall–Kier alpha value is -2.02. The summed E-state index contributed by atoms with van der Waals surface area (Å²) in [5.41, 5.74) is 5.04. The van der Waals surface area contributed by atoms with Crippen molar-refractivity contribution in [1.29, 1.82) is 0 Å². The van der Waals surface area contributed by atoms with Crippen LogP contribution in [0.3, 0.4) is 0 Å². The van der Waals surface area contributed by atoms with Crippen LogP contribution in [0.15, 0.2) is 5.51 Å². The van der Waals surface area contributed by atoms with E-state index < -0.39 is 0 Å². The molecule has 0 unspecified atom stereocenters. The van der Waals surface area contributed by atoms with E-state index >= 15 is 0 Å². The third-order valence-electron chi connectivity index (χ3n) is 4.09. The van der Waals surface area contributed by atoms with Crippen molar-refractivity contribution in [3.63, 3.8) is 0 Å². The summed E-state index contributed by atoms with van der Waals surface area (Å²) in [4.78, 5) is 29.2. The quantitative estimate of drug-likeness (QED) is 0.781. The van der Waals surface area contributed by atoms with Crippen molar-refractivity contribution in [1.82, 2.24) is 20.1 Å². The maximum atomic E-state index is 12.1. The van der Waals surface area contributed by atoms with Gasteiger partial charge in [0.05, 0.1) is 28.5 Å². The van der Waals surface area contributed by atoms with Crippen LogP contribution in [0.1, 0.15) is 58.6 Å². The predicted molar refractivity (Wildman–Crippen MR) is 94.6 cm³/mol. The number of aryl methyl sites for hydroxylation is 2. The maximum absolute atomic E-state index is 12.1. The molecule has 7 heteroatoms. The van der Waals surface area contributed by atoms with E-state index in [9.17, 15) is 9.59 Å². The highest BCUT2D eigenvalue weighted by Crippen LogP contribution is 2.20. The highest BCUT2D eigenvalue weighted by atomic mass is 32.1. The Morgan fingerprint density at radius 2 is 2.00 bits per heavy atom. The summed E-state index contributed by atoms with van der Waals surface area (Å²) in [6, 6.07) is -0.0954. The number of hydrogen-bond donors (Lipinski definition) is 1. The van der Waals surface area contributed by atoms with Crippen LogP contribution in [-0.2, 0) is 11.2 Å². The van der Waals surface area contributed by atoms with Gasteiger partial charge in [-0.05, 0) is 34.6 Å². The van der Waals surface area contributed by atoms with Crippen LogP contribution in [0.4, 0.5) is 0 Å². The van der Waals surface area contributed by atoms with Crippen LogP contribution in [0.5, 0.6) is 0 Å². The molecule has 0 aliphatic rings. The second-order valence-electron chi connectivity index (χ2n) is 6.06. The smallest absolute Gasteiger partial charge is 0.222 e. The molecule has 0 aliphatic heterocycles. The fourth-order valence-electron chi connectivity index (χ4n) is 2.91. The molecule has 0 saturated carbocycles. The zero-order valence-corrected chi connectivity index (χ0v) is 15.7. The van der Waals surface area contributed by atoms with Crippen molar-refractivity contribution in [3.8, 4) is 0 Å². The van der Waals surface area contributed by atoms with Crippen LogP contribution in [0, 0.1) is 20.8 Å². The molecule has 2 rings (SSSR count). The number of rotatable bonds is 7. The number of amides is 1. The Morgan fingerprint density at radius 1 is 1.29 bits per heavy atom. The first-order valence-corrected chi connectivity index (χ1v) is 8.91. The Labute approximate surface area is 146 Å². The molecule has 1 atom stereocenters. The molecule has 2 aromatic rings. The van der Waals surface area contributed by atoms with E-state index in [1.165, 1.54) is 4.88 Å². The number of nitrogens with one attached hydrogen (secondary N) is 1. The molecule has 1 N–H and O–H groups in total. The molecule has 0 saturated heterocycles. The topological polar surface area (TPSA) is 76.9 Å². The summed E-state index contributed by atoms with van der Waals surface area (Å²) in [5, 5.41) is 7.37. The van der Waals surface area contributed by atoms with E-state index in [0.29, 0.717) is 24.2 Å². The van der Waals surface area contributed by atoms with Crippen LogP contribution in [0.2, 0.25) is 0 Å². The Morgan fingerprint density at radius 3 is 2.54 bits per heavy atom. The van der Waals surface area contributed by atoms with Crippen LogP contribution in [0.25, 0.3) is 0 Å². The third-order valence-corrected chi connectivity index (χ3v) is 5.09. The average Bonchev–Trinajstić information content (AvgIpc) is 3.02. The molecule has 24 heavy (non-hydrogen) atoms. The number of ketones is 1. The zero-order chi connectivity index (χ0) is 17.9. The van der Waals surface area contributed by atoms with Crippen molar-refractivity contribution in [2.45, 2.75) is 53.5 Å². The molecule has 0 bridgehead atoms. The van der Waals surface area contributed by atoms with Crippen molar-refractivity contribution >= 4 is 23.0 Å². The van der Waals surface area contributed by atoms with E-state index in [2.05, 4.69) is 15.4 Å². The van der Waals surface area contributed by atoms with Gasteiger partial charge in [-0.3, -0.25) is 14.3 Å². The second kappa shape index (κ2) is 7.70. The largest absolute Gasteiger partial charge is 0.356 e. The molecule has 1 amide bonds. The Kier molecular flexibility index (Phi) is 5.88. The number of carbonyl (C=O) groups excluding carboxylic acids is 2. The second-order valence-corrected chi connectivity index (χ2v) is 7.00. The monoisotopic (exact) mass is 348 g/mol. The van der Waals surface area contributed by atoms with E-state index in [4.69, 9.17) is 0 Å². The predicted octanol–water partition coefficient (Wildman–Crippen LogP) is 2.78. The molecule has 6 nitrogen and oxygen atoms in total. The zero-order valence-electron chi connectivity index (χ0n) is 14.8. The molecule has 0 aliphatic carbocycles. The normalized spacial score (nSPS) is 12.2. The van der Waals surface area contributed by atoms with Gasteiger partial charge < -0.3 is 5.32 Å². The Balaban J connectivity index is 1.91. The minimum atomic E-state index is -0.0954. The fraction of sp³-hybridized carbons (Fsp3) is 0.529. The standard InChI is InChI=1S/C17H24N4O2S/c1-10(21-13(4)17(14(5)22)12(3)20-21)8-16(23)18-7-6-15-11(2)19-9-24-15/h9-10H,6-8H2,1-5H3,(H,18,23)/t10-/m1/s1. The third kappa shape index (κ3) is 4.08. The van der Waals surface area contributed by atoms with Gasteiger partial charge in [0.25, 0.3) is 0 Å². The first kappa shape index (κ1) is 18.3. The average molecular weight is 348 g/mol. The van der Waals surface area contributed by atoms with Gasteiger partial charge in [-0.1, -0.05) is 0 Å². The molecule has 0 radical (unpaired) electrons. The van der Waals surface area contributed by atoms with Crippen LogP contribution >= 0.6 is 11.3 Å². The minimum Gasteiger partial charge on any atom is -0.356 e. The summed E-state index contributed by atoms with van der Waals surface area (Å²) in [6.45, 7) is 9.76. The number of nitrogens with zero attached hydrogens (tertiary/aromatic N) is 3. The molecule has 0 fully saturated rings. The van der Waals surface area contributed by atoms with Gasteiger partial charge in [0.1, 0.15) is 0 Å². The Bertz CT molecular complexity index is 748. The summed E-state index contributed by atoms with van der Waals surface area (Å²) in [7, 11) is 0. The highest BCUT2D eigenvalue weighted by molar-refractivity contribution is 7.09. The van der Waals surface area contributed by atoms with Gasteiger partial charge in [-0.25, -0.2) is 4.98 Å². The number of carbonyl (C=O) groups is 2. The molecule has 2 heterocycles. The SMILES string of the molecule is CC(=O)c1c(C)nn([C@H](C)CC(=O)NCCc2scnc2C)c1C. The molecule has 130 valence electrons. The first-order valence-electron chi connectivity index (χ1n) is 8.03. The van der Waals surface area contributed by atoms with Crippen LogP contribution < -0.4 is 5.32 Å². The van der Waals surface area contributed by atoms with E-state index in [0.717, 1.165) is 17.8 Å². The number of thiazole rings is 1. The molecular weight excluding hydrogens is 324 g/mol. The summed E-state index contributed by atoms with van der Waals surface area (Å²) < 4.78 is 1.78. The lowest BCUT2D eigenvalue weighted by Crippen LogP contribution is -2.28. The van der Waals surface area contributed by atoms with Gasteiger partial charge in [-0.15, -0.1) is 11.3 Å². The molecule has 2 aromatic heterocycles. The lowest BCUT2D eigenvalue weighted by Gasteiger charge is -2.14. The lowest BCUT2D eigenvalue weighted by molar-refractivity contribution is -0.121. The highest BCUT2D eigenvalue weighted by Gasteiger charge is 2.20. The summed E-state index contributed by atoms with van der Waals surface area (Å²) in [5.74, 6) is -0.00516. The molecule has 0 spiro atoms. The van der Waals surface area contributed by atoms with Gasteiger partial charge in [0, 0.05) is 30.0 Å². The van der Waals surface area contributed by atoms with Crippen molar-refractivity contribution < 1.29 is 9.59 Å². The van der Waals surface area contributed by atoms with Crippen molar-refractivity contribution in [3.05, 3.63) is 33.0 Å². The van der Waals surface area contributed by atoms with Gasteiger partial charge >= 0.3 is 0 Å². The number of Topliss-reactive ketones (excluding diaryl/α,β-unsaturated/α-hetero) is 1. The van der Waals surface area contributed by atoms with Gasteiger partial charge in [0.2, 0.25) is 5.91 Å². The molecular formula is C17H24N4O2S. The number of hydrogen-bond acceptors (Lipinski definition) is 5. The number of aromatic nitrogens is 3. The van der Waals surface area contributed by atoms with Gasteiger partial charge in [0.15, 0.2) is 5.78 Å².